The predicted molar refractivity (Wildman–Crippen MR) is 238 cm³/mol. The Bertz CT molecular complexity index is 3160. The molecule has 7 aromatic rings. The van der Waals surface area contributed by atoms with Crippen molar-refractivity contribution in [1.82, 2.24) is 43.5 Å². The summed E-state index contributed by atoms with van der Waals surface area (Å²) in [6.45, 7) is 10.3. The second-order valence-electron chi connectivity index (χ2n) is 19.2. The maximum atomic E-state index is 16.2. The number of hydrogen-bond donors (Lipinski definition) is 1. The highest BCUT2D eigenvalue weighted by Crippen LogP contribution is 2.54. The van der Waals surface area contributed by atoms with Crippen LogP contribution in [0.3, 0.4) is 0 Å². The third-order valence-corrected chi connectivity index (χ3v) is 14.8. The number of amides is 2. The van der Waals surface area contributed by atoms with E-state index >= 15 is 13.6 Å². The number of carbonyl (C=O) groups is 2. The molecular weight excluding hydrogens is 817 g/mol. The number of nitrogens with zero attached hydrogens (tertiary/aromatic N) is 8. The second-order valence-corrected chi connectivity index (χ2v) is 19.2. The number of imidazole rings is 1. The Kier molecular flexibility index (Phi) is 8.89. The van der Waals surface area contributed by atoms with Gasteiger partial charge in [-0.05, 0) is 131 Å². The van der Waals surface area contributed by atoms with Gasteiger partial charge < -0.3 is 19.5 Å². The van der Waals surface area contributed by atoms with E-state index in [4.69, 9.17) is 9.84 Å². The van der Waals surface area contributed by atoms with Crippen LogP contribution >= 0.6 is 0 Å². The largest absolute Gasteiger partial charge is 0.376 e. The van der Waals surface area contributed by atoms with E-state index in [0.29, 0.717) is 71.7 Å². The molecule has 1 saturated carbocycles. The standard InChI is InChI=1S/C49H51F2N9O4/c1-26-18-33(19-27(2)42(26)50)60-44(57-16-15-56(47(57)63)39-13-12-37-34(43(39)51)25-53-55(37)7)41-35(54-60)22-32-9-11-38(41)58(32)45(61)40-21-31-20-29(30-14-17-64-48(4,5)24-30)8-10-36(31)59(40)49(23-28(49)3)46(62)52-6/h8,10,12-13,15-16,18-21,25,28,30,32,38H,9,11,14,17,22-24H2,1-7H3,(H,52,62)/t28-,30-,32+,38-,49-/m0/s1. The molecule has 7 heterocycles. The third-order valence-electron chi connectivity index (χ3n) is 14.8. The fourth-order valence-corrected chi connectivity index (χ4v) is 11.5. The van der Waals surface area contributed by atoms with Gasteiger partial charge in [-0.2, -0.15) is 10.2 Å². The first-order chi connectivity index (χ1) is 30.6. The van der Waals surface area contributed by atoms with E-state index in [-0.39, 0.29) is 52.2 Å². The zero-order valence-corrected chi connectivity index (χ0v) is 37.1. The highest BCUT2D eigenvalue weighted by molar-refractivity contribution is 6.02. The average Bonchev–Trinajstić information content (AvgIpc) is 3.83. The highest BCUT2D eigenvalue weighted by Gasteiger charge is 2.61. The van der Waals surface area contributed by atoms with Crippen LogP contribution in [0.4, 0.5) is 8.78 Å². The Morgan fingerprint density at radius 1 is 0.922 bits per heavy atom. The maximum Gasteiger partial charge on any atom is 0.338 e. The lowest BCUT2D eigenvalue weighted by Gasteiger charge is -2.36. The molecule has 3 aromatic carbocycles. The minimum absolute atomic E-state index is 0.0117. The molecule has 3 aliphatic heterocycles. The van der Waals surface area contributed by atoms with E-state index in [1.54, 1.807) is 67.8 Å². The molecule has 0 unspecified atom stereocenters. The molecule has 4 aromatic heterocycles. The fourth-order valence-electron chi connectivity index (χ4n) is 11.5. The van der Waals surface area contributed by atoms with E-state index in [1.807, 2.05) is 15.5 Å². The zero-order valence-electron chi connectivity index (χ0n) is 37.1. The van der Waals surface area contributed by atoms with E-state index in [9.17, 15) is 9.59 Å². The Balaban J connectivity index is 1.07. The topological polar surface area (TPSA) is 126 Å². The lowest BCUT2D eigenvalue weighted by Crippen LogP contribution is -2.45. The van der Waals surface area contributed by atoms with Gasteiger partial charge in [0.1, 0.15) is 22.9 Å². The molecule has 64 heavy (non-hydrogen) atoms. The van der Waals surface area contributed by atoms with Crippen LogP contribution in [-0.2, 0) is 28.5 Å². The molecule has 2 amide bonds. The summed E-state index contributed by atoms with van der Waals surface area (Å²) >= 11 is 0. The van der Waals surface area contributed by atoms with Gasteiger partial charge in [0.2, 0.25) is 5.91 Å². The molecule has 4 aliphatic rings. The van der Waals surface area contributed by atoms with Crippen LogP contribution in [0.1, 0.15) is 103 Å². The van der Waals surface area contributed by atoms with Gasteiger partial charge in [-0.1, -0.05) is 13.0 Å². The van der Waals surface area contributed by atoms with Crippen molar-refractivity contribution in [3.05, 3.63) is 123 Å². The summed E-state index contributed by atoms with van der Waals surface area (Å²) < 4.78 is 45.3. The van der Waals surface area contributed by atoms with Crippen molar-refractivity contribution in [1.29, 1.82) is 0 Å². The monoisotopic (exact) mass is 867 g/mol. The van der Waals surface area contributed by atoms with Crippen molar-refractivity contribution in [2.75, 3.05) is 13.7 Å². The molecule has 15 heteroatoms. The molecule has 5 atom stereocenters. The number of aryl methyl sites for hydroxylation is 3. The van der Waals surface area contributed by atoms with Crippen LogP contribution in [0.5, 0.6) is 0 Å². The van der Waals surface area contributed by atoms with Gasteiger partial charge in [0.15, 0.2) is 5.82 Å². The second kappa shape index (κ2) is 14.1. The van der Waals surface area contributed by atoms with Crippen molar-refractivity contribution in [3.63, 3.8) is 0 Å². The van der Waals surface area contributed by atoms with Crippen molar-refractivity contribution in [2.24, 2.45) is 13.0 Å². The number of aromatic nitrogens is 7. The van der Waals surface area contributed by atoms with Crippen LogP contribution in [0, 0.1) is 31.4 Å². The van der Waals surface area contributed by atoms with Gasteiger partial charge in [-0.15, -0.1) is 0 Å². The normalized spacial score (nSPS) is 23.5. The van der Waals surface area contributed by atoms with Crippen LogP contribution in [-0.4, -0.2) is 75.3 Å². The summed E-state index contributed by atoms with van der Waals surface area (Å²) in [6.07, 6.45) is 8.64. The van der Waals surface area contributed by atoms with Gasteiger partial charge in [-0.25, -0.2) is 18.3 Å². The lowest BCUT2D eigenvalue weighted by molar-refractivity contribution is -0.125. The Morgan fingerprint density at radius 2 is 1.66 bits per heavy atom. The average molecular weight is 868 g/mol. The molecule has 0 radical (unpaired) electrons. The molecule has 13 nitrogen and oxygen atoms in total. The number of benzene rings is 3. The highest BCUT2D eigenvalue weighted by atomic mass is 19.1. The van der Waals surface area contributed by atoms with Crippen molar-refractivity contribution in [3.8, 4) is 17.2 Å². The molecule has 2 saturated heterocycles. The van der Waals surface area contributed by atoms with Crippen LogP contribution in [0.25, 0.3) is 39.0 Å². The van der Waals surface area contributed by atoms with E-state index in [0.717, 1.165) is 29.4 Å². The number of hydrogen-bond acceptors (Lipinski definition) is 6. The molecule has 0 spiro atoms. The third kappa shape index (κ3) is 5.77. The number of ether oxygens (including phenoxy) is 1. The van der Waals surface area contributed by atoms with Crippen LogP contribution in [0.15, 0.2) is 71.9 Å². The summed E-state index contributed by atoms with van der Waals surface area (Å²) in [5, 5.41) is 13.4. The molecule has 2 bridgehead atoms. The van der Waals surface area contributed by atoms with Crippen LogP contribution < -0.4 is 11.0 Å². The predicted octanol–water partition coefficient (Wildman–Crippen LogP) is 7.61. The number of likely N-dealkylation sites (N-methyl/N-ethyl adjacent to an activating group) is 1. The minimum Gasteiger partial charge on any atom is -0.376 e. The number of rotatable bonds is 7. The van der Waals surface area contributed by atoms with Gasteiger partial charge in [0.05, 0.1) is 45.8 Å². The van der Waals surface area contributed by atoms with Gasteiger partial charge in [-0.3, -0.25) is 23.4 Å². The van der Waals surface area contributed by atoms with E-state index in [2.05, 4.69) is 49.4 Å². The maximum absolute atomic E-state index is 16.2. The lowest BCUT2D eigenvalue weighted by atomic mass is 9.83. The summed E-state index contributed by atoms with van der Waals surface area (Å²) in [7, 11) is 3.37. The van der Waals surface area contributed by atoms with Crippen molar-refractivity contribution < 1.29 is 23.1 Å². The first-order valence-corrected chi connectivity index (χ1v) is 22.3. The first-order valence-electron chi connectivity index (χ1n) is 22.3. The van der Waals surface area contributed by atoms with E-state index in [1.165, 1.54) is 27.1 Å². The zero-order chi connectivity index (χ0) is 44.7. The van der Waals surface area contributed by atoms with Gasteiger partial charge in [0.25, 0.3) is 5.91 Å². The summed E-state index contributed by atoms with van der Waals surface area (Å²) in [6, 6.07) is 14.3. The van der Waals surface area contributed by atoms with Crippen LogP contribution in [0.2, 0.25) is 0 Å². The number of fused-ring (bicyclic) bond motifs is 6. The number of carbonyl (C=O) groups excluding carboxylic acids is 2. The van der Waals surface area contributed by atoms with E-state index < -0.39 is 23.1 Å². The van der Waals surface area contributed by atoms with Crippen molar-refractivity contribution >= 4 is 33.6 Å². The molecule has 11 rings (SSSR count). The van der Waals surface area contributed by atoms with Crippen molar-refractivity contribution in [2.45, 2.75) is 102 Å². The smallest absolute Gasteiger partial charge is 0.338 e. The molecule has 3 fully saturated rings. The molecule has 1 N–H and O–H groups in total. The summed E-state index contributed by atoms with van der Waals surface area (Å²) in [5.41, 5.74) is 4.19. The summed E-state index contributed by atoms with van der Waals surface area (Å²) in [4.78, 5) is 46.3. The van der Waals surface area contributed by atoms with Gasteiger partial charge in [0, 0.05) is 62.0 Å². The molecule has 330 valence electrons. The molecular formula is C49H51F2N9O4. The summed E-state index contributed by atoms with van der Waals surface area (Å²) in [5.74, 6) is -0.575. The Morgan fingerprint density at radius 3 is 2.38 bits per heavy atom. The quantitative estimate of drug-likeness (QED) is 0.176. The number of nitrogens with one attached hydrogen (secondary N) is 1. The first kappa shape index (κ1) is 40.4. The number of halogens is 2. The Hall–Kier alpha value is -6.35. The fraction of sp³-hybridized carbons (Fsp3) is 0.408. The SMILES string of the molecule is CNC(=O)[C@]1(n2c(C(=O)N3[C@@H]4CC[C@H]3c3c(nn(-c5cc(C)c(F)c(C)c5)c3-n3ccn(-c5ccc6c(cnn6C)c5F)c3=O)C4)cc3cc([C@H]4CCOC(C)(C)C4)ccc32)C[C@@H]1C. The molecule has 1 aliphatic carbocycles. The van der Waals surface area contributed by atoms with Gasteiger partial charge >= 0.3 is 5.69 Å². The minimum atomic E-state index is -0.942. The Labute approximate surface area is 368 Å².